The molecule has 0 radical (unpaired) electrons. The fraction of sp³-hybridized carbons (Fsp3) is 0.577. The number of hydrogen-bond donors (Lipinski definition) is 2. The molecule has 2 N–H and O–H groups in total. The average Bonchev–Trinajstić information content (AvgIpc) is 2.95. The van der Waals surface area contributed by atoms with E-state index in [1.54, 1.807) is 0 Å². The van der Waals surface area contributed by atoms with Gasteiger partial charge in [-0.2, -0.15) is 0 Å². The van der Waals surface area contributed by atoms with E-state index in [1.165, 1.54) is 17.4 Å². The van der Waals surface area contributed by atoms with Gasteiger partial charge in [-0.25, -0.2) is 9.97 Å². The zero-order chi connectivity index (χ0) is 25.6. The normalized spacial score (nSPS) is 19.8. The number of hydrogen-bond acceptors (Lipinski definition) is 10. The molecule has 1 aromatic heterocycles. The number of aliphatic hydroxyl groups excluding tert-OH is 1. The summed E-state index contributed by atoms with van der Waals surface area (Å²) in [5.41, 5.74) is 2.18. The highest BCUT2D eigenvalue weighted by Gasteiger charge is 2.26. The van der Waals surface area contributed by atoms with Crippen molar-refractivity contribution in [1.29, 1.82) is 0 Å². The van der Waals surface area contributed by atoms with E-state index in [2.05, 4.69) is 49.3 Å². The van der Waals surface area contributed by atoms with Gasteiger partial charge in [-0.3, -0.25) is 9.69 Å². The molecule has 0 unspecified atom stereocenters. The first-order valence-electron chi connectivity index (χ1n) is 13.1. The number of likely N-dealkylation sites (tertiary alicyclic amines) is 1. The summed E-state index contributed by atoms with van der Waals surface area (Å²) in [5.74, 6) is 1.81. The largest absolute Gasteiger partial charge is 0.393 e. The van der Waals surface area contributed by atoms with Crippen LogP contribution in [0.1, 0.15) is 12.8 Å². The SMILES string of the molecule is CSc1nc(Nc2ccc(N3CCOCC3)cc2)cc(N2CCN(C(=O)CN3CCC(O)CC3)CC2)n1. The first-order valence-corrected chi connectivity index (χ1v) is 14.4. The lowest BCUT2D eigenvalue weighted by atomic mass is 10.1. The number of anilines is 4. The fourth-order valence-corrected chi connectivity index (χ4v) is 5.38. The molecule has 3 aliphatic heterocycles. The molecule has 0 bridgehead atoms. The first kappa shape index (κ1) is 26.0. The molecule has 1 aromatic carbocycles. The molecule has 0 atom stereocenters. The Morgan fingerprint density at radius 3 is 2.38 bits per heavy atom. The number of carbonyl (C=O) groups is 1. The highest BCUT2D eigenvalue weighted by atomic mass is 32.2. The Hall–Kier alpha value is -2.60. The third-order valence-electron chi connectivity index (χ3n) is 7.26. The molecule has 3 fully saturated rings. The number of nitrogens with zero attached hydrogens (tertiary/aromatic N) is 6. The Kier molecular flexibility index (Phi) is 8.65. The van der Waals surface area contributed by atoms with Gasteiger partial charge >= 0.3 is 0 Å². The second-order valence-electron chi connectivity index (χ2n) is 9.74. The van der Waals surface area contributed by atoms with Gasteiger partial charge in [-0.05, 0) is 43.4 Å². The molecule has 2 aromatic rings. The lowest BCUT2D eigenvalue weighted by Crippen LogP contribution is -2.52. The highest BCUT2D eigenvalue weighted by molar-refractivity contribution is 7.98. The summed E-state index contributed by atoms with van der Waals surface area (Å²) in [7, 11) is 0. The van der Waals surface area contributed by atoms with E-state index in [9.17, 15) is 9.90 Å². The van der Waals surface area contributed by atoms with Crippen molar-refractivity contribution in [1.82, 2.24) is 19.8 Å². The van der Waals surface area contributed by atoms with Crippen molar-refractivity contribution in [2.24, 2.45) is 0 Å². The van der Waals surface area contributed by atoms with E-state index < -0.39 is 0 Å². The molecule has 0 aliphatic carbocycles. The maximum Gasteiger partial charge on any atom is 0.236 e. The van der Waals surface area contributed by atoms with E-state index in [0.29, 0.717) is 19.6 Å². The number of rotatable bonds is 7. The van der Waals surface area contributed by atoms with Crippen LogP contribution in [0.5, 0.6) is 0 Å². The number of aliphatic hydroxyl groups is 1. The van der Waals surface area contributed by atoms with E-state index in [-0.39, 0.29) is 12.0 Å². The highest BCUT2D eigenvalue weighted by Crippen LogP contribution is 2.26. The Balaban J connectivity index is 1.18. The minimum Gasteiger partial charge on any atom is -0.393 e. The van der Waals surface area contributed by atoms with Crippen LogP contribution in [-0.4, -0.2) is 115 Å². The number of morpholine rings is 1. The van der Waals surface area contributed by atoms with Gasteiger partial charge in [0.1, 0.15) is 11.6 Å². The molecule has 11 heteroatoms. The molecule has 1 amide bonds. The number of carbonyl (C=O) groups excluding carboxylic acids is 1. The van der Waals surface area contributed by atoms with Crippen LogP contribution in [0.25, 0.3) is 0 Å². The monoisotopic (exact) mass is 527 g/mol. The summed E-state index contributed by atoms with van der Waals surface area (Å²) in [4.78, 5) is 30.9. The van der Waals surface area contributed by atoms with E-state index in [1.807, 2.05) is 17.2 Å². The van der Waals surface area contributed by atoms with Crippen LogP contribution < -0.4 is 15.1 Å². The summed E-state index contributed by atoms with van der Waals surface area (Å²) in [5, 5.41) is 13.9. The Bertz CT molecular complexity index is 1030. The van der Waals surface area contributed by atoms with Gasteiger partial charge in [0.05, 0.1) is 25.9 Å². The molecule has 0 saturated carbocycles. The second kappa shape index (κ2) is 12.3. The molecule has 0 spiro atoms. The Morgan fingerprint density at radius 1 is 1.00 bits per heavy atom. The minimum atomic E-state index is -0.220. The van der Waals surface area contributed by atoms with Crippen molar-refractivity contribution in [2.75, 3.05) is 93.5 Å². The van der Waals surface area contributed by atoms with E-state index in [4.69, 9.17) is 9.72 Å². The zero-order valence-corrected chi connectivity index (χ0v) is 22.3. The van der Waals surface area contributed by atoms with Crippen LogP contribution in [0.2, 0.25) is 0 Å². The molecule has 4 heterocycles. The van der Waals surface area contributed by atoms with Crippen LogP contribution in [0.15, 0.2) is 35.5 Å². The Morgan fingerprint density at radius 2 is 1.70 bits per heavy atom. The number of ether oxygens (including phenoxy) is 1. The summed E-state index contributed by atoms with van der Waals surface area (Å²) in [6.45, 7) is 8.23. The maximum atomic E-state index is 12.8. The van der Waals surface area contributed by atoms with Gasteiger partial charge in [0.25, 0.3) is 0 Å². The molecule has 3 aliphatic rings. The van der Waals surface area contributed by atoms with Crippen molar-refractivity contribution < 1.29 is 14.6 Å². The van der Waals surface area contributed by atoms with Crippen LogP contribution >= 0.6 is 11.8 Å². The third kappa shape index (κ3) is 6.84. The standard InChI is InChI=1S/C26H37N7O3S/c1-37-26-28-23(27-20-2-4-21(5-3-20)31-14-16-36-17-15-31)18-24(29-26)32-10-12-33(13-11-32)25(35)19-30-8-6-22(34)7-9-30/h2-5,18,22,34H,6-17,19H2,1H3,(H,27,28,29). The molecular formula is C26H37N7O3S. The number of thioether (sulfide) groups is 1. The lowest BCUT2D eigenvalue weighted by Gasteiger charge is -2.37. The van der Waals surface area contributed by atoms with Gasteiger partial charge < -0.3 is 29.9 Å². The van der Waals surface area contributed by atoms with Crippen LogP contribution in [0.4, 0.5) is 23.0 Å². The third-order valence-corrected chi connectivity index (χ3v) is 7.81. The summed E-state index contributed by atoms with van der Waals surface area (Å²) < 4.78 is 5.46. The topological polar surface area (TPSA) is 97.3 Å². The van der Waals surface area contributed by atoms with Crippen molar-refractivity contribution in [3.05, 3.63) is 30.3 Å². The molecule has 37 heavy (non-hydrogen) atoms. The van der Waals surface area contributed by atoms with Gasteiger partial charge in [0.2, 0.25) is 5.91 Å². The predicted octanol–water partition coefficient (Wildman–Crippen LogP) is 1.88. The quantitative estimate of drug-likeness (QED) is 0.410. The first-order chi connectivity index (χ1) is 18.1. The van der Waals surface area contributed by atoms with Crippen LogP contribution in [0.3, 0.4) is 0 Å². The molecule has 5 rings (SSSR count). The van der Waals surface area contributed by atoms with Gasteiger partial charge in [-0.1, -0.05) is 11.8 Å². The average molecular weight is 528 g/mol. The molecule has 200 valence electrons. The number of aromatic nitrogens is 2. The zero-order valence-electron chi connectivity index (χ0n) is 21.5. The number of nitrogens with one attached hydrogen (secondary N) is 1. The van der Waals surface area contributed by atoms with Gasteiger partial charge in [-0.15, -0.1) is 0 Å². The maximum absolute atomic E-state index is 12.8. The molecule has 3 saturated heterocycles. The summed E-state index contributed by atoms with van der Waals surface area (Å²) in [6, 6.07) is 10.4. The fourth-order valence-electron chi connectivity index (χ4n) is 5.01. The second-order valence-corrected chi connectivity index (χ2v) is 10.5. The Labute approximate surface area is 223 Å². The minimum absolute atomic E-state index is 0.173. The lowest BCUT2D eigenvalue weighted by molar-refractivity contribution is -0.133. The number of piperazine rings is 1. The van der Waals surface area contributed by atoms with Crippen LogP contribution in [-0.2, 0) is 9.53 Å². The summed E-state index contributed by atoms with van der Waals surface area (Å²) >= 11 is 1.52. The number of benzene rings is 1. The van der Waals surface area contributed by atoms with Crippen LogP contribution in [0, 0.1) is 0 Å². The van der Waals surface area contributed by atoms with Crippen molar-refractivity contribution in [3.63, 3.8) is 0 Å². The summed E-state index contributed by atoms with van der Waals surface area (Å²) in [6.07, 6.45) is 3.26. The van der Waals surface area contributed by atoms with Crippen molar-refractivity contribution in [2.45, 2.75) is 24.1 Å². The molecule has 10 nitrogen and oxygen atoms in total. The van der Waals surface area contributed by atoms with E-state index >= 15 is 0 Å². The predicted molar refractivity (Wildman–Crippen MR) is 147 cm³/mol. The smallest absolute Gasteiger partial charge is 0.236 e. The number of piperidine rings is 1. The van der Waals surface area contributed by atoms with Crippen molar-refractivity contribution >= 4 is 40.7 Å². The molecular weight excluding hydrogens is 490 g/mol. The number of amides is 1. The van der Waals surface area contributed by atoms with Crippen molar-refractivity contribution in [3.8, 4) is 0 Å². The van der Waals surface area contributed by atoms with Gasteiger partial charge in [0, 0.05) is 69.8 Å². The van der Waals surface area contributed by atoms with E-state index in [0.717, 1.165) is 87.8 Å². The van der Waals surface area contributed by atoms with Gasteiger partial charge in [0.15, 0.2) is 5.16 Å².